The lowest BCUT2D eigenvalue weighted by atomic mass is 9.98. The van der Waals surface area contributed by atoms with Gasteiger partial charge in [0.2, 0.25) is 16.6 Å². The molecule has 0 fully saturated rings. The predicted octanol–water partition coefficient (Wildman–Crippen LogP) is 3.42. The Hall–Kier alpha value is -3.92. The number of methoxy groups -OCH3 is 3. The van der Waals surface area contributed by atoms with Crippen molar-refractivity contribution >= 4 is 33.3 Å². The van der Waals surface area contributed by atoms with Gasteiger partial charge in [0, 0.05) is 0 Å². The molecular weight excluding hydrogens is 434 g/mol. The van der Waals surface area contributed by atoms with Crippen LogP contribution in [0.3, 0.4) is 0 Å². The van der Waals surface area contributed by atoms with Crippen molar-refractivity contribution in [2.75, 3.05) is 26.2 Å². The van der Waals surface area contributed by atoms with Crippen LogP contribution in [0.15, 0.2) is 51.1 Å². The van der Waals surface area contributed by atoms with Gasteiger partial charge in [-0.25, -0.2) is 0 Å². The second-order valence-corrected chi connectivity index (χ2v) is 7.74. The molecule has 32 heavy (non-hydrogen) atoms. The van der Waals surface area contributed by atoms with Gasteiger partial charge in [-0.2, -0.15) is 0 Å². The van der Waals surface area contributed by atoms with Crippen LogP contribution in [0, 0.1) is 0 Å². The number of amides is 1. The smallest absolute Gasteiger partial charge is 0.297 e. The first kappa shape index (κ1) is 20.0. The first-order valence-corrected chi connectivity index (χ1v) is 10.4. The molecule has 162 valence electrons. The molecule has 3 heterocycles. The topological polar surface area (TPSA) is 104 Å². The molecule has 4 aromatic rings. The van der Waals surface area contributed by atoms with E-state index in [9.17, 15) is 9.59 Å². The maximum atomic E-state index is 13.5. The molecule has 9 nitrogen and oxygen atoms in total. The van der Waals surface area contributed by atoms with Gasteiger partial charge in [0.1, 0.15) is 11.1 Å². The first-order valence-electron chi connectivity index (χ1n) is 9.54. The third-order valence-corrected chi connectivity index (χ3v) is 6.02. The summed E-state index contributed by atoms with van der Waals surface area (Å²) in [7, 11) is 4.50. The number of aromatic nitrogens is 2. The Morgan fingerprint density at radius 3 is 2.38 bits per heavy atom. The average molecular weight is 451 g/mol. The van der Waals surface area contributed by atoms with Crippen LogP contribution in [-0.4, -0.2) is 37.4 Å². The van der Waals surface area contributed by atoms with Gasteiger partial charge in [-0.3, -0.25) is 14.5 Å². The van der Waals surface area contributed by atoms with E-state index in [1.165, 1.54) is 43.1 Å². The highest BCUT2D eigenvalue weighted by atomic mass is 32.1. The maximum Gasteiger partial charge on any atom is 0.297 e. The summed E-state index contributed by atoms with van der Waals surface area (Å²) in [5.41, 5.74) is 2.36. The second kappa shape index (κ2) is 7.65. The van der Waals surface area contributed by atoms with Crippen molar-refractivity contribution in [2.45, 2.75) is 6.04 Å². The molecule has 0 saturated heterocycles. The van der Waals surface area contributed by atoms with Crippen LogP contribution in [0.25, 0.3) is 11.0 Å². The fraction of sp³-hybridized carbons (Fsp3) is 0.182. The summed E-state index contributed by atoms with van der Waals surface area (Å²) in [6.07, 6.45) is 0. The van der Waals surface area contributed by atoms with Crippen molar-refractivity contribution < 1.29 is 23.4 Å². The van der Waals surface area contributed by atoms with E-state index in [0.717, 1.165) is 0 Å². The van der Waals surface area contributed by atoms with Gasteiger partial charge < -0.3 is 18.6 Å². The van der Waals surface area contributed by atoms with E-state index < -0.39 is 11.9 Å². The molecule has 0 bridgehead atoms. The lowest BCUT2D eigenvalue weighted by Gasteiger charge is -2.23. The molecular formula is C22H17N3O6S. The van der Waals surface area contributed by atoms with Crippen molar-refractivity contribution in [3.63, 3.8) is 0 Å². The summed E-state index contributed by atoms with van der Waals surface area (Å²) in [6.45, 7) is 0. The Morgan fingerprint density at radius 1 is 1.03 bits per heavy atom. The fourth-order valence-corrected chi connectivity index (χ4v) is 4.55. The van der Waals surface area contributed by atoms with Crippen LogP contribution >= 0.6 is 11.3 Å². The third kappa shape index (κ3) is 2.83. The summed E-state index contributed by atoms with van der Waals surface area (Å²) < 4.78 is 22.3. The fourth-order valence-electron chi connectivity index (χ4n) is 3.96. The highest BCUT2D eigenvalue weighted by molar-refractivity contribution is 7.13. The number of carbonyl (C=O) groups excluding carboxylic acids is 1. The van der Waals surface area contributed by atoms with E-state index >= 15 is 0 Å². The molecule has 0 spiro atoms. The molecule has 10 heteroatoms. The monoisotopic (exact) mass is 451 g/mol. The van der Waals surface area contributed by atoms with Gasteiger partial charge in [0.25, 0.3) is 5.91 Å². The van der Waals surface area contributed by atoms with E-state index in [-0.39, 0.29) is 16.8 Å². The van der Waals surface area contributed by atoms with Crippen LogP contribution in [0.5, 0.6) is 17.2 Å². The van der Waals surface area contributed by atoms with Crippen LogP contribution < -0.4 is 24.5 Å². The largest absolute Gasteiger partial charge is 0.493 e. The lowest BCUT2D eigenvalue weighted by Crippen LogP contribution is -2.29. The Kier molecular flexibility index (Phi) is 4.78. The number of fused-ring (bicyclic) bond motifs is 2. The van der Waals surface area contributed by atoms with E-state index in [1.807, 2.05) is 0 Å². The molecule has 1 amide bonds. The van der Waals surface area contributed by atoms with Gasteiger partial charge in [0.15, 0.2) is 16.9 Å². The average Bonchev–Trinajstić information content (AvgIpc) is 3.45. The molecule has 2 aromatic heterocycles. The number of hydrogen-bond donors (Lipinski definition) is 0. The lowest BCUT2D eigenvalue weighted by molar-refractivity contribution is 0.0970. The zero-order valence-corrected chi connectivity index (χ0v) is 18.1. The van der Waals surface area contributed by atoms with Crippen LogP contribution in [0.4, 0.5) is 5.13 Å². The normalized spacial score (nSPS) is 15.2. The minimum absolute atomic E-state index is 0.0253. The van der Waals surface area contributed by atoms with Gasteiger partial charge in [-0.15, -0.1) is 10.2 Å². The Labute approximate surface area is 185 Å². The summed E-state index contributed by atoms with van der Waals surface area (Å²) >= 11 is 1.18. The minimum atomic E-state index is -0.819. The van der Waals surface area contributed by atoms with Crippen molar-refractivity contribution in [1.82, 2.24) is 10.2 Å². The molecule has 0 saturated carbocycles. The number of ether oxygens (including phenoxy) is 3. The zero-order chi connectivity index (χ0) is 22.4. The first-order chi connectivity index (χ1) is 15.6. The zero-order valence-electron chi connectivity index (χ0n) is 17.3. The molecule has 1 aliphatic rings. The van der Waals surface area contributed by atoms with Gasteiger partial charge >= 0.3 is 0 Å². The highest BCUT2D eigenvalue weighted by Crippen LogP contribution is 2.46. The number of rotatable bonds is 5. The number of benzene rings is 2. The molecule has 1 aliphatic heterocycles. The number of anilines is 1. The van der Waals surface area contributed by atoms with Crippen LogP contribution in [0.2, 0.25) is 0 Å². The number of nitrogens with zero attached hydrogens (tertiary/aromatic N) is 3. The van der Waals surface area contributed by atoms with Crippen molar-refractivity contribution in [1.29, 1.82) is 0 Å². The number of para-hydroxylation sites is 1. The SMILES string of the molecule is COc1cc([C@@H]2c3c(oc4ccccc4c3=O)C(=O)N2c2nncs2)cc(OC)c1OC. The molecule has 0 N–H and O–H groups in total. The van der Waals surface area contributed by atoms with E-state index in [2.05, 4.69) is 10.2 Å². The van der Waals surface area contributed by atoms with Crippen LogP contribution in [0.1, 0.15) is 27.7 Å². The minimum Gasteiger partial charge on any atom is -0.493 e. The van der Waals surface area contributed by atoms with Crippen LogP contribution in [-0.2, 0) is 0 Å². The molecule has 5 rings (SSSR count). The summed E-state index contributed by atoms with van der Waals surface area (Å²) in [4.78, 5) is 28.4. The predicted molar refractivity (Wildman–Crippen MR) is 117 cm³/mol. The Bertz CT molecular complexity index is 1370. The Balaban J connectivity index is 1.83. The molecule has 2 aromatic carbocycles. The molecule has 1 atom stereocenters. The van der Waals surface area contributed by atoms with Gasteiger partial charge in [0.05, 0.1) is 38.3 Å². The molecule has 0 unspecified atom stereocenters. The molecule has 0 radical (unpaired) electrons. The van der Waals surface area contributed by atoms with E-state index in [4.69, 9.17) is 18.6 Å². The van der Waals surface area contributed by atoms with E-state index in [0.29, 0.717) is 38.9 Å². The van der Waals surface area contributed by atoms with Crippen molar-refractivity contribution in [3.8, 4) is 17.2 Å². The third-order valence-electron chi connectivity index (χ3n) is 5.34. The maximum absolute atomic E-state index is 13.5. The Morgan fingerprint density at radius 2 is 1.75 bits per heavy atom. The van der Waals surface area contributed by atoms with Crippen molar-refractivity contribution in [2.24, 2.45) is 0 Å². The van der Waals surface area contributed by atoms with Gasteiger partial charge in [-0.1, -0.05) is 23.5 Å². The summed E-state index contributed by atoms with van der Waals surface area (Å²) in [5, 5.41) is 8.65. The molecule has 0 aliphatic carbocycles. The summed E-state index contributed by atoms with van der Waals surface area (Å²) in [5.74, 6) is 0.688. The standard InChI is InChI=1S/C22H17N3O6S/c1-28-14-8-11(9-15(29-2)19(14)30-3)17-16-18(26)12-6-4-5-7-13(12)31-20(16)21(27)25(17)22-24-23-10-32-22/h4-10,17H,1-3H3/t17-/m1/s1. The quantitative estimate of drug-likeness (QED) is 0.455. The number of carbonyl (C=O) groups is 1. The van der Waals surface area contributed by atoms with Crippen molar-refractivity contribution in [3.05, 3.63) is 69.0 Å². The number of hydrogen-bond acceptors (Lipinski definition) is 9. The van der Waals surface area contributed by atoms with Gasteiger partial charge in [-0.05, 0) is 29.8 Å². The second-order valence-electron chi connectivity index (χ2n) is 6.93. The highest BCUT2D eigenvalue weighted by Gasteiger charge is 2.45. The summed E-state index contributed by atoms with van der Waals surface area (Å²) in [6, 6.07) is 9.42. The van der Waals surface area contributed by atoms with E-state index in [1.54, 1.807) is 36.4 Å².